The third-order valence-electron chi connectivity index (χ3n) is 4.28. The molecular weight excluding hydrogens is 350 g/mol. The van der Waals surface area contributed by atoms with Gasteiger partial charge in [-0.05, 0) is 53.1 Å². The molecule has 1 saturated heterocycles. The molecule has 1 aromatic carbocycles. The minimum absolute atomic E-state index is 0.00814. The molecule has 1 atom stereocenters. The summed E-state index contributed by atoms with van der Waals surface area (Å²) in [6.45, 7) is 3.22. The SMILES string of the molecule is Cc1ccc(-c2nnn(CC(=O)NCC3CCCO3)n2)c(-n2cnnn2)c1. The lowest BCUT2D eigenvalue weighted by Gasteiger charge is -2.10. The Labute approximate surface area is 154 Å². The lowest BCUT2D eigenvalue weighted by molar-refractivity contribution is -0.122. The molecule has 27 heavy (non-hydrogen) atoms. The van der Waals surface area contributed by atoms with Crippen LogP contribution in [0.1, 0.15) is 18.4 Å². The highest BCUT2D eigenvalue weighted by Crippen LogP contribution is 2.23. The van der Waals surface area contributed by atoms with Crippen molar-refractivity contribution in [1.82, 2.24) is 45.7 Å². The lowest BCUT2D eigenvalue weighted by atomic mass is 10.1. The predicted molar refractivity (Wildman–Crippen MR) is 92.7 cm³/mol. The molecule has 1 N–H and O–H groups in total. The number of hydrogen-bond acceptors (Lipinski definition) is 8. The van der Waals surface area contributed by atoms with Crippen molar-refractivity contribution in [2.75, 3.05) is 13.2 Å². The number of carbonyl (C=O) groups excluding carboxylic acids is 1. The number of ether oxygens (including phenoxy) is 1. The van der Waals surface area contributed by atoms with E-state index in [9.17, 15) is 4.79 Å². The highest BCUT2D eigenvalue weighted by Gasteiger charge is 2.18. The number of aromatic nitrogens is 8. The zero-order chi connectivity index (χ0) is 18.6. The molecule has 1 aliphatic rings. The molecule has 0 radical (unpaired) electrons. The molecule has 0 spiro atoms. The van der Waals surface area contributed by atoms with Gasteiger partial charge in [-0.2, -0.15) is 9.48 Å². The maximum atomic E-state index is 12.1. The summed E-state index contributed by atoms with van der Waals surface area (Å²) < 4.78 is 7.03. The largest absolute Gasteiger partial charge is 0.376 e. The maximum Gasteiger partial charge on any atom is 0.243 e. The summed E-state index contributed by atoms with van der Waals surface area (Å²) in [6, 6.07) is 5.75. The molecule has 1 aliphatic heterocycles. The summed E-state index contributed by atoms with van der Waals surface area (Å²) in [5.74, 6) is 0.214. The average molecular weight is 369 g/mol. The smallest absolute Gasteiger partial charge is 0.243 e. The van der Waals surface area contributed by atoms with Crippen molar-refractivity contribution in [3.05, 3.63) is 30.1 Å². The van der Waals surface area contributed by atoms with Crippen molar-refractivity contribution >= 4 is 5.91 Å². The number of benzene rings is 1. The second-order valence-electron chi connectivity index (χ2n) is 6.36. The van der Waals surface area contributed by atoms with E-state index >= 15 is 0 Å². The first-order chi connectivity index (χ1) is 13.2. The number of tetrazole rings is 2. The van der Waals surface area contributed by atoms with E-state index in [0.29, 0.717) is 12.4 Å². The van der Waals surface area contributed by atoms with Gasteiger partial charge in [0.05, 0.1) is 11.8 Å². The number of carbonyl (C=O) groups is 1. The summed E-state index contributed by atoms with van der Waals surface area (Å²) in [4.78, 5) is 13.4. The molecule has 4 rings (SSSR count). The molecule has 0 bridgehead atoms. The number of hydrogen-bond donors (Lipinski definition) is 1. The van der Waals surface area contributed by atoms with E-state index in [4.69, 9.17) is 4.74 Å². The Bertz CT molecular complexity index is 916. The first-order valence-electron chi connectivity index (χ1n) is 8.69. The number of rotatable bonds is 6. The third-order valence-corrected chi connectivity index (χ3v) is 4.28. The first kappa shape index (κ1) is 17.2. The molecule has 1 fully saturated rings. The maximum absolute atomic E-state index is 12.1. The monoisotopic (exact) mass is 369 g/mol. The summed E-state index contributed by atoms with van der Waals surface area (Å²) >= 11 is 0. The summed E-state index contributed by atoms with van der Waals surface area (Å²) in [5.41, 5.74) is 2.51. The zero-order valence-electron chi connectivity index (χ0n) is 14.8. The van der Waals surface area contributed by atoms with Crippen LogP contribution in [-0.4, -0.2) is 65.6 Å². The minimum Gasteiger partial charge on any atom is -0.376 e. The molecule has 1 unspecified atom stereocenters. The molecule has 2 aromatic heterocycles. The van der Waals surface area contributed by atoms with Crippen LogP contribution in [0.4, 0.5) is 0 Å². The number of amides is 1. The molecule has 0 saturated carbocycles. The third kappa shape index (κ3) is 3.97. The number of aryl methyl sites for hydroxylation is 1. The lowest BCUT2D eigenvalue weighted by Crippen LogP contribution is -2.34. The molecular formula is C16H19N9O2. The van der Waals surface area contributed by atoms with E-state index in [1.165, 1.54) is 15.8 Å². The fourth-order valence-corrected chi connectivity index (χ4v) is 2.93. The van der Waals surface area contributed by atoms with Gasteiger partial charge in [0.1, 0.15) is 12.9 Å². The minimum atomic E-state index is -0.181. The van der Waals surface area contributed by atoms with Gasteiger partial charge in [-0.25, -0.2) is 0 Å². The Kier molecular flexibility index (Phi) is 4.83. The zero-order valence-corrected chi connectivity index (χ0v) is 14.8. The summed E-state index contributed by atoms with van der Waals surface area (Å²) in [5, 5.41) is 26.5. The van der Waals surface area contributed by atoms with Crippen LogP contribution in [0.5, 0.6) is 0 Å². The van der Waals surface area contributed by atoms with E-state index in [1.54, 1.807) is 0 Å². The molecule has 3 heterocycles. The second-order valence-corrected chi connectivity index (χ2v) is 6.36. The predicted octanol–water partition coefficient (Wildman–Crippen LogP) is -0.0806. The van der Waals surface area contributed by atoms with Crippen LogP contribution in [0.15, 0.2) is 24.5 Å². The summed E-state index contributed by atoms with van der Waals surface area (Å²) in [7, 11) is 0. The normalized spacial score (nSPS) is 16.6. The fourth-order valence-electron chi connectivity index (χ4n) is 2.93. The fraction of sp³-hybridized carbons (Fsp3) is 0.438. The molecule has 0 aliphatic carbocycles. The number of nitrogens with one attached hydrogen (secondary N) is 1. The molecule has 140 valence electrons. The van der Waals surface area contributed by atoms with E-state index in [2.05, 4.69) is 36.3 Å². The Balaban J connectivity index is 1.47. The van der Waals surface area contributed by atoms with E-state index in [0.717, 1.165) is 36.3 Å². The van der Waals surface area contributed by atoms with Gasteiger partial charge in [0.2, 0.25) is 11.7 Å². The van der Waals surface area contributed by atoms with Gasteiger partial charge < -0.3 is 10.1 Å². The standard InChI is InChI=1S/C16H19N9O2/c1-11-4-5-13(14(7-11)24-10-18-21-23-24)16-19-22-25(20-16)9-15(26)17-8-12-3-2-6-27-12/h4-5,7,10,12H,2-3,6,8-9H2,1H3,(H,17,26). The van der Waals surface area contributed by atoms with Crippen LogP contribution in [0.3, 0.4) is 0 Å². The van der Waals surface area contributed by atoms with Crippen LogP contribution in [0.2, 0.25) is 0 Å². The van der Waals surface area contributed by atoms with Crippen molar-refractivity contribution in [2.45, 2.75) is 32.4 Å². The van der Waals surface area contributed by atoms with Crippen LogP contribution in [-0.2, 0) is 16.1 Å². The second kappa shape index (κ2) is 7.58. The molecule has 11 heteroatoms. The number of nitrogens with zero attached hydrogens (tertiary/aromatic N) is 8. The Morgan fingerprint density at radius 3 is 3.07 bits per heavy atom. The Hall–Kier alpha value is -3.21. The van der Waals surface area contributed by atoms with Gasteiger partial charge in [0.25, 0.3) is 0 Å². The Morgan fingerprint density at radius 1 is 1.37 bits per heavy atom. The van der Waals surface area contributed by atoms with Crippen LogP contribution < -0.4 is 5.32 Å². The van der Waals surface area contributed by atoms with Crippen LogP contribution in [0, 0.1) is 6.92 Å². The van der Waals surface area contributed by atoms with Gasteiger partial charge in [-0.3, -0.25) is 4.79 Å². The van der Waals surface area contributed by atoms with Crippen LogP contribution in [0.25, 0.3) is 17.1 Å². The highest BCUT2D eigenvalue weighted by atomic mass is 16.5. The molecule has 1 amide bonds. The van der Waals surface area contributed by atoms with Gasteiger partial charge in [-0.1, -0.05) is 6.07 Å². The quantitative estimate of drug-likeness (QED) is 0.639. The van der Waals surface area contributed by atoms with Gasteiger partial charge in [0, 0.05) is 18.7 Å². The van der Waals surface area contributed by atoms with Crippen molar-refractivity contribution in [3.63, 3.8) is 0 Å². The van der Waals surface area contributed by atoms with E-state index in [1.807, 2.05) is 25.1 Å². The topological polar surface area (TPSA) is 126 Å². The van der Waals surface area contributed by atoms with Crippen molar-refractivity contribution in [3.8, 4) is 17.1 Å². The molecule has 3 aromatic rings. The van der Waals surface area contributed by atoms with Crippen molar-refractivity contribution in [2.24, 2.45) is 0 Å². The average Bonchev–Trinajstić information content (AvgIpc) is 3.42. The molecule has 11 nitrogen and oxygen atoms in total. The van der Waals surface area contributed by atoms with Gasteiger partial charge in [-0.15, -0.1) is 15.3 Å². The van der Waals surface area contributed by atoms with Crippen LogP contribution >= 0.6 is 0 Å². The van der Waals surface area contributed by atoms with E-state index < -0.39 is 0 Å². The van der Waals surface area contributed by atoms with Crippen molar-refractivity contribution < 1.29 is 9.53 Å². The highest BCUT2D eigenvalue weighted by molar-refractivity contribution is 5.75. The van der Waals surface area contributed by atoms with Gasteiger partial charge in [0.15, 0.2) is 0 Å². The van der Waals surface area contributed by atoms with E-state index in [-0.39, 0.29) is 18.6 Å². The van der Waals surface area contributed by atoms with Gasteiger partial charge >= 0.3 is 0 Å². The summed E-state index contributed by atoms with van der Waals surface area (Å²) in [6.07, 6.45) is 3.61. The van der Waals surface area contributed by atoms with Crippen molar-refractivity contribution in [1.29, 1.82) is 0 Å². The first-order valence-corrected chi connectivity index (χ1v) is 8.69. The Morgan fingerprint density at radius 2 is 2.30 bits per heavy atom.